The highest BCUT2D eigenvalue weighted by Crippen LogP contribution is 2.29. The summed E-state index contributed by atoms with van der Waals surface area (Å²) in [6.45, 7) is 14.0. The molecule has 1 aromatic heterocycles. The molecular weight excluding hydrogens is 404 g/mol. The molecule has 178 valence electrons. The quantitative estimate of drug-likeness (QED) is 0.657. The summed E-state index contributed by atoms with van der Waals surface area (Å²) in [7, 11) is 1.72. The number of amides is 1. The van der Waals surface area contributed by atoms with Crippen LogP contribution in [-0.2, 0) is 11.8 Å². The maximum Gasteiger partial charge on any atom is 0.410 e. The Hall–Kier alpha value is -2.60. The van der Waals surface area contributed by atoms with E-state index in [1.54, 1.807) is 38.1 Å². The van der Waals surface area contributed by atoms with Crippen molar-refractivity contribution >= 4 is 6.09 Å². The maximum atomic E-state index is 12.4. The van der Waals surface area contributed by atoms with Gasteiger partial charge in [0.25, 0.3) is 5.56 Å². The van der Waals surface area contributed by atoms with Gasteiger partial charge in [-0.15, -0.1) is 0 Å². The van der Waals surface area contributed by atoms with E-state index in [4.69, 9.17) is 4.74 Å². The van der Waals surface area contributed by atoms with E-state index in [0.717, 1.165) is 16.7 Å². The Morgan fingerprint density at radius 2 is 1.66 bits per heavy atom. The highest BCUT2D eigenvalue weighted by Gasteiger charge is 2.33. The Bertz CT molecular complexity index is 897. The van der Waals surface area contributed by atoms with Crippen LogP contribution in [0.4, 0.5) is 4.79 Å². The van der Waals surface area contributed by atoms with Gasteiger partial charge in [-0.2, -0.15) is 0 Å². The summed E-state index contributed by atoms with van der Waals surface area (Å²) >= 11 is 0. The van der Waals surface area contributed by atoms with Gasteiger partial charge < -0.3 is 19.3 Å². The van der Waals surface area contributed by atoms with Crippen LogP contribution in [0.3, 0.4) is 0 Å². The van der Waals surface area contributed by atoms with Crippen molar-refractivity contribution in [1.82, 2.24) is 9.47 Å². The molecule has 2 aromatic rings. The second-order valence-corrected chi connectivity index (χ2v) is 8.17. The van der Waals surface area contributed by atoms with Gasteiger partial charge in [-0.1, -0.05) is 52.0 Å². The number of aromatic nitrogens is 1. The zero-order valence-electron chi connectivity index (χ0n) is 20.9. The average Bonchev–Trinajstić information content (AvgIpc) is 2.77. The molecule has 2 atom stereocenters. The van der Waals surface area contributed by atoms with Gasteiger partial charge in [0.2, 0.25) is 0 Å². The Morgan fingerprint density at radius 1 is 1.06 bits per heavy atom. The van der Waals surface area contributed by atoms with Crippen molar-refractivity contribution in [2.75, 3.05) is 6.54 Å². The van der Waals surface area contributed by atoms with E-state index in [1.807, 2.05) is 65.0 Å². The molecule has 1 aliphatic heterocycles. The Labute approximate surface area is 192 Å². The lowest BCUT2D eigenvalue weighted by molar-refractivity contribution is -0.0309. The molecular formula is C26H40N2O4. The first-order valence-corrected chi connectivity index (χ1v) is 11.6. The second-order valence-electron chi connectivity index (χ2n) is 8.17. The first kappa shape index (κ1) is 27.4. The number of pyridine rings is 1. The predicted octanol–water partition coefficient (Wildman–Crippen LogP) is 5.54. The van der Waals surface area contributed by atoms with Crippen LogP contribution < -0.4 is 5.56 Å². The van der Waals surface area contributed by atoms with Crippen LogP contribution >= 0.6 is 0 Å². The topological polar surface area (TPSA) is 71.8 Å². The van der Waals surface area contributed by atoms with Crippen molar-refractivity contribution in [3.63, 3.8) is 0 Å². The monoisotopic (exact) mass is 444 g/mol. The molecule has 1 saturated heterocycles. The van der Waals surface area contributed by atoms with E-state index >= 15 is 0 Å². The first-order valence-electron chi connectivity index (χ1n) is 11.6. The van der Waals surface area contributed by atoms with Gasteiger partial charge in [0, 0.05) is 38.7 Å². The molecule has 6 nitrogen and oxygen atoms in total. The molecule has 0 radical (unpaired) electrons. The zero-order chi connectivity index (χ0) is 24.5. The molecule has 32 heavy (non-hydrogen) atoms. The average molecular weight is 445 g/mol. The zero-order valence-corrected chi connectivity index (χ0v) is 20.9. The number of cyclic esters (lactones) is 1. The normalized spacial score (nSPS) is 16.7. The number of nitrogens with zero attached hydrogens (tertiary/aromatic N) is 2. The largest absolute Gasteiger partial charge is 0.446 e. The number of carbonyl (C=O) groups is 1. The second kappa shape index (κ2) is 12.4. The number of carbonyl (C=O) groups excluding carboxylic acids is 1. The number of aliphatic hydroxyl groups is 1. The lowest BCUT2D eigenvalue weighted by Gasteiger charge is -2.37. The summed E-state index contributed by atoms with van der Waals surface area (Å²) in [6, 6.07) is 11.3. The third-order valence-electron chi connectivity index (χ3n) is 5.22. The fourth-order valence-corrected chi connectivity index (χ4v) is 3.56. The highest BCUT2D eigenvalue weighted by atomic mass is 16.6. The van der Waals surface area contributed by atoms with Crippen molar-refractivity contribution < 1.29 is 14.6 Å². The van der Waals surface area contributed by atoms with E-state index in [2.05, 4.69) is 0 Å². The molecule has 0 spiro atoms. The van der Waals surface area contributed by atoms with Crippen LogP contribution in [0.2, 0.25) is 0 Å². The van der Waals surface area contributed by atoms with Gasteiger partial charge in [0.1, 0.15) is 6.10 Å². The Morgan fingerprint density at radius 3 is 2.16 bits per heavy atom. The number of aryl methyl sites for hydroxylation is 1. The smallest absolute Gasteiger partial charge is 0.410 e. The van der Waals surface area contributed by atoms with Crippen molar-refractivity contribution in [3.05, 3.63) is 58.5 Å². The van der Waals surface area contributed by atoms with Gasteiger partial charge >= 0.3 is 6.09 Å². The first-order chi connectivity index (χ1) is 15.1. The molecule has 1 fully saturated rings. The molecule has 3 rings (SSSR count). The van der Waals surface area contributed by atoms with Crippen molar-refractivity contribution in [1.29, 1.82) is 0 Å². The molecule has 1 amide bonds. The molecule has 6 heteroatoms. The van der Waals surface area contributed by atoms with Gasteiger partial charge in [-0.3, -0.25) is 4.79 Å². The minimum atomic E-state index is -0.854. The van der Waals surface area contributed by atoms with Gasteiger partial charge in [0.15, 0.2) is 0 Å². The van der Waals surface area contributed by atoms with Crippen molar-refractivity contribution in [2.45, 2.75) is 79.1 Å². The molecule has 1 aromatic carbocycles. The van der Waals surface area contributed by atoms with Crippen LogP contribution in [0.1, 0.15) is 72.9 Å². The SMILES string of the molecule is CC.CC.CC(c1ccc(-c2ccn(C)c(=O)c2)cc1)N1CCC(CC(C)(C)O)OC1=O. The molecule has 1 aliphatic rings. The van der Waals surface area contributed by atoms with Gasteiger partial charge in [0.05, 0.1) is 11.6 Å². The Balaban J connectivity index is 0.00000121. The third-order valence-corrected chi connectivity index (χ3v) is 5.22. The summed E-state index contributed by atoms with van der Waals surface area (Å²) in [5, 5.41) is 9.94. The predicted molar refractivity (Wildman–Crippen MR) is 131 cm³/mol. The van der Waals surface area contributed by atoms with E-state index in [0.29, 0.717) is 19.4 Å². The standard InChI is InChI=1S/C22H28N2O4.2C2H6/c1-15(24-12-10-19(28-21(24)26)14-22(2,3)27)16-5-7-17(8-6-16)18-9-11-23(4)20(25)13-18;2*1-2/h5-9,11,13,15,19,27H,10,12,14H2,1-4H3;2*1-2H3. The summed E-state index contributed by atoms with van der Waals surface area (Å²) in [4.78, 5) is 26.0. The van der Waals surface area contributed by atoms with Crippen LogP contribution in [0, 0.1) is 0 Å². The summed E-state index contributed by atoms with van der Waals surface area (Å²) in [5.41, 5.74) is 1.93. The van der Waals surface area contributed by atoms with E-state index in [-0.39, 0.29) is 23.8 Å². The molecule has 2 unspecified atom stereocenters. The minimum Gasteiger partial charge on any atom is -0.446 e. The molecule has 0 saturated carbocycles. The molecule has 0 bridgehead atoms. The summed E-state index contributed by atoms with van der Waals surface area (Å²) in [5.74, 6) is 0. The number of benzene rings is 1. The van der Waals surface area contributed by atoms with Gasteiger partial charge in [-0.25, -0.2) is 4.79 Å². The number of rotatable bonds is 5. The minimum absolute atomic E-state index is 0.0494. The number of hydrogen-bond acceptors (Lipinski definition) is 4. The van der Waals surface area contributed by atoms with Crippen molar-refractivity contribution in [3.8, 4) is 11.1 Å². The van der Waals surface area contributed by atoms with Crippen LogP contribution in [0.5, 0.6) is 0 Å². The lowest BCUT2D eigenvalue weighted by atomic mass is 9.97. The third kappa shape index (κ3) is 7.52. The number of hydrogen-bond donors (Lipinski definition) is 1. The molecule has 0 aliphatic carbocycles. The van der Waals surface area contributed by atoms with E-state index < -0.39 is 5.60 Å². The summed E-state index contributed by atoms with van der Waals surface area (Å²) < 4.78 is 7.06. The van der Waals surface area contributed by atoms with Crippen LogP contribution in [-0.4, -0.2) is 38.9 Å². The van der Waals surface area contributed by atoms with Crippen molar-refractivity contribution in [2.24, 2.45) is 7.05 Å². The van der Waals surface area contributed by atoms with E-state index in [9.17, 15) is 14.7 Å². The summed E-state index contributed by atoms with van der Waals surface area (Å²) in [6.07, 6.45) is 2.29. The van der Waals surface area contributed by atoms with Crippen LogP contribution in [0.25, 0.3) is 11.1 Å². The van der Waals surface area contributed by atoms with E-state index in [1.165, 1.54) is 4.57 Å². The fourth-order valence-electron chi connectivity index (χ4n) is 3.56. The molecule has 2 heterocycles. The highest BCUT2D eigenvalue weighted by molar-refractivity contribution is 5.69. The number of ether oxygens (including phenoxy) is 1. The fraction of sp³-hybridized carbons (Fsp3) is 0.538. The maximum absolute atomic E-state index is 12.4. The lowest BCUT2D eigenvalue weighted by Crippen LogP contribution is -2.45. The Kier molecular flexibility index (Phi) is 10.7. The van der Waals surface area contributed by atoms with Gasteiger partial charge in [-0.05, 0) is 43.5 Å². The molecule has 1 N–H and O–H groups in total. The van der Waals surface area contributed by atoms with Crippen LogP contribution in [0.15, 0.2) is 47.4 Å².